The van der Waals surface area contributed by atoms with Gasteiger partial charge in [0.25, 0.3) is 0 Å². The second-order valence-electron chi connectivity index (χ2n) is 6.66. The van der Waals surface area contributed by atoms with Crippen LogP contribution in [-0.2, 0) is 17.2 Å². The van der Waals surface area contributed by atoms with Gasteiger partial charge in [0, 0.05) is 37.7 Å². The van der Waals surface area contributed by atoms with E-state index in [0.29, 0.717) is 46.8 Å². The van der Waals surface area contributed by atoms with Crippen LogP contribution in [0, 0.1) is 12.3 Å². The van der Waals surface area contributed by atoms with Crippen molar-refractivity contribution in [3.05, 3.63) is 48.2 Å². The van der Waals surface area contributed by atoms with Gasteiger partial charge < -0.3 is 4.90 Å². The predicted octanol–water partition coefficient (Wildman–Crippen LogP) is 0.786. The van der Waals surface area contributed by atoms with E-state index in [1.54, 1.807) is 29.6 Å². The lowest BCUT2D eigenvalue weighted by Crippen LogP contribution is -2.31. The smallest absolute Gasteiger partial charge is 0.227 e. The van der Waals surface area contributed by atoms with Gasteiger partial charge in [0.1, 0.15) is 17.6 Å². The summed E-state index contributed by atoms with van der Waals surface area (Å²) < 4.78 is 14.1. The Balaban J connectivity index is 1.45. The van der Waals surface area contributed by atoms with Crippen molar-refractivity contribution in [1.82, 2.24) is 34.7 Å². The van der Waals surface area contributed by atoms with Crippen molar-refractivity contribution in [3.63, 3.8) is 0 Å². The average molecular weight is 404 g/mol. The van der Waals surface area contributed by atoms with Gasteiger partial charge in [-0.1, -0.05) is 12.0 Å². The zero-order chi connectivity index (χ0) is 19.8. The van der Waals surface area contributed by atoms with Crippen LogP contribution in [0.3, 0.4) is 0 Å². The highest BCUT2D eigenvalue weighted by molar-refractivity contribution is 7.85. The first kappa shape index (κ1) is 17.6. The Morgan fingerprint density at radius 2 is 1.90 bits per heavy atom. The van der Waals surface area contributed by atoms with Crippen LogP contribution in [0.1, 0.15) is 23.5 Å². The molecule has 0 fully saturated rings. The van der Waals surface area contributed by atoms with E-state index in [9.17, 15) is 4.21 Å². The summed E-state index contributed by atoms with van der Waals surface area (Å²) in [6.07, 6.45) is 15.3. The molecule has 0 aromatic carbocycles. The number of hydrogen-bond donors (Lipinski definition) is 0. The molecule has 0 N–H and O–H groups in total. The Kier molecular flexibility index (Phi) is 4.37. The maximum Gasteiger partial charge on any atom is 0.227 e. The minimum Gasteiger partial charge on any atom is -0.337 e. The molecule has 5 heterocycles. The summed E-state index contributed by atoms with van der Waals surface area (Å²) in [6.45, 7) is 1.37. The number of fused-ring (bicyclic) bond motifs is 1. The lowest BCUT2D eigenvalue weighted by molar-refractivity contribution is 0.684. The summed E-state index contributed by atoms with van der Waals surface area (Å²) >= 11 is 0. The van der Waals surface area contributed by atoms with Crippen molar-refractivity contribution in [2.24, 2.45) is 0 Å². The van der Waals surface area contributed by atoms with E-state index in [4.69, 9.17) is 16.4 Å². The Morgan fingerprint density at radius 3 is 2.59 bits per heavy atom. The molecule has 5 rings (SSSR count). The molecule has 2 aliphatic rings. The molecule has 9 nitrogen and oxygen atoms in total. The largest absolute Gasteiger partial charge is 0.337 e. The van der Waals surface area contributed by atoms with Crippen LogP contribution >= 0.6 is 0 Å². The molecule has 1 atom stereocenters. The second kappa shape index (κ2) is 7.18. The van der Waals surface area contributed by atoms with Crippen molar-refractivity contribution < 1.29 is 4.21 Å². The quantitative estimate of drug-likeness (QED) is 0.590. The third kappa shape index (κ3) is 3.19. The molecule has 0 bridgehead atoms. The summed E-state index contributed by atoms with van der Waals surface area (Å²) in [5, 5.41) is 7.70. The molecular weight excluding hydrogens is 388 g/mol. The normalized spacial score (nSPS) is 18.2. The average Bonchev–Trinajstić information content (AvgIpc) is 3.44. The standard InChI is InChI=1S/C19H16N8OS/c1-2-13-9-20-17(21-10-13)14-3-6-26(7-4-14)19-24-15-5-8-29(28)16(15)18(25-19)27-11-22-23-12-27/h1,3,9-12H,4-8H2. The number of aromatic nitrogens is 7. The maximum absolute atomic E-state index is 12.4. The van der Waals surface area contributed by atoms with Gasteiger partial charge in [0.2, 0.25) is 5.95 Å². The summed E-state index contributed by atoms with van der Waals surface area (Å²) in [4.78, 5) is 20.9. The summed E-state index contributed by atoms with van der Waals surface area (Å²) in [7, 11) is -1.10. The van der Waals surface area contributed by atoms with Crippen LogP contribution in [0.25, 0.3) is 11.4 Å². The molecule has 0 aliphatic carbocycles. The minimum atomic E-state index is -1.10. The predicted molar refractivity (Wildman–Crippen MR) is 107 cm³/mol. The third-order valence-electron chi connectivity index (χ3n) is 4.92. The van der Waals surface area contributed by atoms with E-state index in [1.165, 1.54) is 0 Å². The Morgan fingerprint density at radius 1 is 1.10 bits per heavy atom. The molecule has 0 saturated heterocycles. The summed E-state index contributed by atoms with van der Waals surface area (Å²) in [5.74, 6) is 4.99. The van der Waals surface area contributed by atoms with Gasteiger partial charge in [0.15, 0.2) is 11.6 Å². The Labute approximate surface area is 169 Å². The molecule has 2 aliphatic heterocycles. The highest BCUT2D eigenvalue weighted by Crippen LogP contribution is 2.30. The number of aryl methyl sites for hydroxylation is 1. The molecule has 1 unspecified atom stereocenters. The Hall–Kier alpha value is -3.45. The molecule has 0 radical (unpaired) electrons. The molecule has 144 valence electrons. The molecular formula is C19H16N8OS. The van der Waals surface area contributed by atoms with Crippen molar-refractivity contribution in [1.29, 1.82) is 0 Å². The van der Waals surface area contributed by atoms with E-state index in [0.717, 1.165) is 24.2 Å². The minimum absolute atomic E-state index is 0.567. The summed E-state index contributed by atoms with van der Waals surface area (Å²) in [5.41, 5.74) is 2.57. The highest BCUT2D eigenvalue weighted by Gasteiger charge is 2.28. The van der Waals surface area contributed by atoms with Crippen molar-refractivity contribution >= 4 is 22.3 Å². The van der Waals surface area contributed by atoms with Crippen LogP contribution in [0.4, 0.5) is 5.95 Å². The van der Waals surface area contributed by atoms with E-state index in [2.05, 4.69) is 37.1 Å². The molecule has 0 saturated carbocycles. The molecule has 0 amide bonds. The topological polar surface area (TPSA) is 103 Å². The molecule has 10 heteroatoms. The second-order valence-corrected chi connectivity index (χ2v) is 8.16. The fraction of sp³-hybridized carbons (Fsp3) is 0.263. The number of anilines is 1. The van der Waals surface area contributed by atoms with Gasteiger partial charge in [-0.25, -0.2) is 15.0 Å². The monoisotopic (exact) mass is 404 g/mol. The lowest BCUT2D eigenvalue weighted by Gasteiger charge is -2.26. The first-order chi connectivity index (χ1) is 14.2. The molecule has 29 heavy (non-hydrogen) atoms. The lowest BCUT2D eigenvalue weighted by atomic mass is 10.1. The maximum atomic E-state index is 12.4. The molecule has 3 aromatic heterocycles. The van der Waals surface area contributed by atoms with Crippen LogP contribution in [-0.4, -0.2) is 57.8 Å². The van der Waals surface area contributed by atoms with Crippen LogP contribution in [0.2, 0.25) is 0 Å². The van der Waals surface area contributed by atoms with Gasteiger partial charge in [-0.05, 0) is 12.0 Å². The van der Waals surface area contributed by atoms with Gasteiger partial charge in [0.05, 0.1) is 22.1 Å². The SMILES string of the molecule is C#Cc1cnc(C2=CCN(c3nc4c(c(-n5cnnc5)n3)S(=O)CC4)CC2)nc1. The van der Waals surface area contributed by atoms with Gasteiger partial charge in [-0.3, -0.25) is 8.78 Å². The fourth-order valence-electron chi connectivity index (χ4n) is 3.41. The van der Waals surface area contributed by atoms with Crippen molar-refractivity contribution in [2.45, 2.75) is 17.7 Å². The van der Waals surface area contributed by atoms with E-state index in [1.807, 2.05) is 0 Å². The van der Waals surface area contributed by atoms with E-state index in [-0.39, 0.29) is 0 Å². The zero-order valence-electron chi connectivity index (χ0n) is 15.4. The number of terminal acetylenes is 1. The van der Waals surface area contributed by atoms with Crippen LogP contribution in [0.5, 0.6) is 0 Å². The van der Waals surface area contributed by atoms with E-state index < -0.39 is 10.8 Å². The zero-order valence-corrected chi connectivity index (χ0v) is 16.2. The number of rotatable bonds is 3. The van der Waals surface area contributed by atoms with Gasteiger partial charge in [-0.15, -0.1) is 16.6 Å². The van der Waals surface area contributed by atoms with Crippen LogP contribution in [0.15, 0.2) is 36.0 Å². The fourth-order valence-corrected chi connectivity index (χ4v) is 4.76. The van der Waals surface area contributed by atoms with Crippen LogP contribution < -0.4 is 4.90 Å². The van der Waals surface area contributed by atoms with Crippen molar-refractivity contribution in [2.75, 3.05) is 23.7 Å². The number of hydrogen-bond acceptors (Lipinski definition) is 8. The summed E-state index contributed by atoms with van der Waals surface area (Å²) in [6, 6.07) is 0. The molecule has 0 spiro atoms. The van der Waals surface area contributed by atoms with E-state index >= 15 is 0 Å². The molecule has 3 aromatic rings. The Bertz CT molecular complexity index is 1160. The third-order valence-corrected chi connectivity index (χ3v) is 6.37. The highest BCUT2D eigenvalue weighted by atomic mass is 32.2. The number of nitrogens with zero attached hydrogens (tertiary/aromatic N) is 8. The first-order valence-corrected chi connectivity index (χ1v) is 10.4. The van der Waals surface area contributed by atoms with Crippen molar-refractivity contribution in [3.8, 4) is 18.2 Å². The first-order valence-electron chi connectivity index (χ1n) is 9.10. The van der Waals surface area contributed by atoms with Gasteiger partial charge in [-0.2, -0.15) is 4.98 Å². The van der Waals surface area contributed by atoms with Gasteiger partial charge >= 0.3 is 0 Å².